The zero-order chi connectivity index (χ0) is 15.5. The van der Waals surface area contributed by atoms with Gasteiger partial charge in [0.15, 0.2) is 0 Å². The Morgan fingerprint density at radius 3 is 2.67 bits per heavy atom. The van der Waals surface area contributed by atoms with E-state index in [9.17, 15) is 13.2 Å². The number of hydrogen-bond acceptors (Lipinski definition) is 2. The van der Waals surface area contributed by atoms with E-state index in [-0.39, 0.29) is 0 Å². The highest BCUT2D eigenvalue weighted by Gasteiger charge is 2.30. The van der Waals surface area contributed by atoms with Gasteiger partial charge in [-0.3, -0.25) is 0 Å². The third-order valence-electron chi connectivity index (χ3n) is 3.10. The molecule has 1 heterocycles. The topological polar surface area (TPSA) is 12.9 Å². The van der Waals surface area contributed by atoms with Crippen LogP contribution in [0.4, 0.5) is 13.2 Å². The monoisotopic (exact) mass is 333 g/mol. The zero-order valence-electron chi connectivity index (χ0n) is 11.5. The van der Waals surface area contributed by atoms with Crippen LogP contribution < -0.4 is 0 Å². The van der Waals surface area contributed by atoms with Crippen molar-refractivity contribution < 1.29 is 13.2 Å². The first-order chi connectivity index (χ1) is 9.95. The largest absolute Gasteiger partial charge is 0.416 e. The minimum Gasteiger partial charge on any atom is -0.241 e. The van der Waals surface area contributed by atoms with Crippen molar-refractivity contribution in [1.29, 1.82) is 0 Å². The second-order valence-electron chi connectivity index (χ2n) is 4.70. The lowest BCUT2D eigenvalue weighted by molar-refractivity contribution is -0.137. The number of rotatable bonds is 5. The fourth-order valence-corrected chi connectivity index (χ4v) is 3.25. The molecule has 0 amide bonds. The van der Waals surface area contributed by atoms with Gasteiger partial charge in [-0.1, -0.05) is 25.5 Å². The number of halogens is 4. The van der Waals surface area contributed by atoms with Crippen molar-refractivity contribution >= 4 is 22.9 Å². The van der Waals surface area contributed by atoms with Crippen molar-refractivity contribution in [1.82, 2.24) is 4.98 Å². The van der Waals surface area contributed by atoms with Gasteiger partial charge in [-0.2, -0.15) is 13.2 Å². The van der Waals surface area contributed by atoms with Crippen LogP contribution in [0, 0.1) is 0 Å². The van der Waals surface area contributed by atoms with Gasteiger partial charge in [0.25, 0.3) is 0 Å². The summed E-state index contributed by atoms with van der Waals surface area (Å²) in [5.74, 6) is 0.343. The van der Waals surface area contributed by atoms with Crippen LogP contribution in [0.5, 0.6) is 0 Å². The van der Waals surface area contributed by atoms with Gasteiger partial charge in [0.1, 0.15) is 5.01 Å². The standard InChI is InChI=1S/C15H15ClF3NS/c1-2-3-7-12-13(9-16)21-14(20-12)10-5-4-6-11(8-10)15(17,18)19/h4-6,8H,2-3,7,9H2,1H3. The van der Waals surface area contributed by atoms with Crippen molar-refractivity contribution in [3.63, 3.8) is 0 Å². The summed E-state index contributed by atoms with van der Waals surface area (Å²) in [6.07, 6.45) is -1.49. The number of nitrogens with zero attached hydrogens (tertiary/aromatic N) is 1. The third-order valence-corrected chi connectivity index (χ3v) is 4.68. The lowest BCUT2D eigenvalue weighted by Gasteiger charge is -2.07. The van der Waals surface area contributed by atoms with Gasteiger partial charge in [0, 0.05) is 10.4 Å². The smallest absolute Gasteiger partial charge is 0.241 e. The molecule has 0 atom stereocenters. The second-order valence-corrected chi connectivity index (χ2v) is 6.06. The Hall–Kier alpha value is -1.07. The van der Waals surface area contributed by atoms with E-state index in [0.717, 1.165) is 42.0 Å². The Morgan fingerprint density at radius 1 is 1.29 bits per heavy atom. The molecule has 0 bridgehead atoms. The van der Waals surface area contributed by atoms with Crippen LogP contribution in [-0.4, -0.2) is 4.98 Å². The van der Waals surface area contributed by atoms with E-state index in [1.54, 1.807) is 6.07 Å². The van der Waals surface area contributed by atoms with Crippen molar-refractivity contribution in [2.24, 2.45) is 0 Å². The molecule has 6 heteroatoms. The van der Waals surface area contributed by atoms with Gasteiger partial charge in [-0.15, -0.1) is 22.9 Å². The summed E-state index contributed by atoms with van der Waals surface area (Å²) in [5, 5.41) is 0.600. The van der Waals surface area contributed by atoms with Crippen LogP contribution in [0.25, 0.3) is 10.6 Å². The summed E-state index contributed by atoms with van der Waals surface area (Å²) in [5.41, 5.74) is 0.742. The summed E-state index contributed by atoms with van der Waals surface area (Å²) in [6, 6.07) is 5.26. The lowest BCUT2D eigenvalue weighted by atomic mass is 10.1. The second kappa shape index (κ2) is 6.79. The minimum absolute atomic E-state index is 0.343. The van der Waals surface area contributed by atoms with Crippen molar-refractivity contribution in [3.05, 3.63) is 40.4 Å². The van der Waals surface area contributed by atoms with Crippen LogP contribution in [0.15, 0.2) is 24.3 Å². The fraction of sp³-hybridized carbons (Fsp3) is 0.400. The molecule has 0 unspecified atom stereocenters. The molecule has 2 rings (SSSR count). The zero-order valence-corrected chi connectivity index (χ0v) is 13.1. The van der Waals surface area contributed by atoms with Gasteiger partial charge in [0.05, 0.1) is 17.1 Å². The number of aromatic nitrogens is 1. The van der Waals surface area contributed by atoms with Gasteiger partial charge >= 0.3 is 6.18 Å². The number of benzene rings is 1. The lowest BCUT2D eigenvalue weighted by Crippen LogP contribution is -2.04. The first kappa shape index (κ1) is 16.3. The van der Waals surface area contributed by atoms with E-state index in [1.165, 1.54) is 17.4 Å². The molecule has 0 N–H and O–H groups in total. The molecule has 0 spiro atoms. The molecule has 2 aromatic rings. The maximum atomic E-state index is 12.8. The Balaban J connectivity index is 2.36. The quantitative estimate of drug-likeness (QED) is 0.620. The Bertz CT molecular complexity index is 607. The molecule has 0 aliphatic carbocycles. The van der Waals surface area contributed by atoms with Crippen LogP contribution in [0.3, 0.4) is 0 Å². The summed E-state index contributed by atoms with van der Waals surface area (Å²) in [7, 11) is 0. The molecule has 0 saturated carbocycles. The van der Waals surface area contributed by atoms with Crippen LogP contribution >= 0.6 is 22.9 Å². The number of thiazole rings is 1. The predicted octanol–water partition coefficient (Wildman–Crippen LogP) is 5.91. The number of hydrogen-bond donors (Lipinski definition) is 0. The third kappa shape index (κ3) is 3.98. The molecular weight excluding hydrogens is 319 g/mol. The highest BCUT2D eigenvalue weighted by atomic mass is 35.5. The van der Waals surface area contributed by atoms with Gasteiger partial charge in [0.2, 0.25) is 0 Å². The summed E-state index contributed by atoms with van der Waals surface area (Å²) in [6.45, 7) is 2.08. The van der Waals surface area contributed by atoms with Crippen LogP contribution in [0.1, 0.15) is 35.9 Å². The first-order valence-corrected chi connectivity index (χ1v) is 8.03. The summed E-state index contributed by atoms with van der Waals surface area (Å²) in [4.78, 5) is 5.42. The molecule has 0 fully saturated rings. The van der Waals surface area contributed by atoms with E-state index >= 15 is 0 Å². The molecule has 114 valence electrons. The van der Waals surface area contributed by atoms with E-state index in [0.29, 0.717) is 16.5 Å². The minimum atomic E-state index is -4.34. The van der Waals surface area contributed by atoms with Crippen molar-refractivity contribution in [3.8, 4) is 10.6 Å². The number of unbranched alkanes of at least 4 members (excludes halogenated alkanes) is 1. The maximum Gasteiger partial charge on any atom is 0.416 e. The number of alkyl halides is 4. The first-order valence-electron chi connectivity index (χ1n) is 6.68. The molecule has 0 saturated heterocycles. The number of aryl methyl sites for hydroxylation is 1. The molecule has 1 nitrogen and oxygen atoms in total. The molecule has 0 aliphatic heterocycles. The van der Waals surface area contributed by atoms with Gasteiger partial charge < -0.3 is 0 Å². The summed E-state index contributed by atoms with van der Waals surface area (Å²) >= 11 is 7.28. The van der Waals surface area contributed by atoms with Gasteiger partial charge in [-0.05, 0) is 25.0 Å². The average Bonchev–Trinajstić information content (AvgIpc) is 2.87. The highest BCUT2D eigenvalue weighted by Crippen LogP contribution is 2.35. The maximum absolute atomic E-state index is 12.8. The molecule has 21 heavy (non-hydrogen) atoms. The summed E-state index contributed by atoms with van der Waals surface area (Å²) < 4.78 is 38.3. The predicted molar refractivity (Wildman–Crippen MR) is 80.7 cm³/mol. The van der Waals surface area contributed by atoms with Crippen LogP contribution in [0.2, 0.25) is 0 Å². The van der Waals surface area contributed by atoms with E-state index in [2.05, 4.69) is 11.9 Å². The Kier molecular flexibility index (Phi) is 5.27. The molecule has 1 aromatic carbocycles. The molecule has 1 aromatic heterocycles. The van der Waals surface area contributed by atoms with E-state index in [1.807, 2.05) is 0 Å². The van der Waals surface area contributed by atoms with E-state index in [4.69, 9.17) is 11.6 Å². The Morgan fingerprint density at radius 2 is 2.05 bits per heavy atom. The SMILES string of the molecule is CCCCc1nc(-c2cccc(C(F)(F)F)c2)sc1CCl. The highest BCUT2D eigenvalue weighted by molar-refractivity contribution is 7.15. The van der Waals surface area contributed by atoms with Crippen molar-refractivity contribution in [2.45, 2.75) is 38.2 Å². The van der Waals surface area contributed by atoms with Gasteiger partial charge in [-0.25, -0.2) is 4.98 Å². The normalized spacial score (nSPS) is 11.9. The molecule has 0 radical (unpaired) electrons. The average molecular weight is 334 g/mol. The Labute approximate surface area is 130 Å². The molecule has 0 aliphatic rings. The fourth-order valence-electron chi connectivity index (χ4n) is 1.98. The molecular formula is C15H15ClF3NS. The van der Waals surface area contributed by atoms with E-state index < -0.39 is 11.7 Å². The van der Waals surface area contributed by atoms with Crippen molar-refractivity contribution in [2.75, 3.05) is 0 Å². The van der Waals surface area contributed by atoms with Crippen LogP contribution in [-0.2, 0) is 18.5 Å².